The molecule has 0 radical (unpaired) electrons. The number of sulfonamides is 1. The number of anilines is 1. The van der Waals surface area contributed by atoms with Gasteiger partial charge in [-0.25, -0.2) is 8.42 Å². The molecule has 1 N–H and O–H groups in total. The Morgan fingerprint density at radius 1 is 0.933 bits per heavy atom. The second-order valence-electron chi connectivity index (χ2n) is 7.02. The zero-order valence-corrected chi connectivity index (χ0v) is 18.4. The van der Waals surface area contributed by atoms with Gasteiger partial charge in [0, 0.05) is 17.1 Å². The van der Waals surface area contributed by atoms with Crippen molar-refractivity contribution in [2.45, 2.75) is 20.0 Å². The number of benzene rings is 3. The number of carbonyl (C=O) groups is 1. The maximum Gasteiger partial charge on any atom is 0.251 e. The first kappa shape index (κ1) is 21.9. The predicted octanol–water partition coefficient (Wildman–Crippen LogP) is 4.54. The normalized spacial score (nSPS) is 11.2. The molecule has 0 aliphatic carbocycles. The monoisotopic (exact) mass is 442 g/mol. The molecule has 5 nitrogen and oxygen atoms in total. The summed E-state index contributed by atoms with van der Waals surface area (Å²) in [6.45, 7) is 2.53. The maximum atomic E-state index is 12.5. The molecule has 0 bridgehead atoms. The van der Waals surface area contributed by atoms with Crippen molar-refractivity contribution in [1.29, 1.82) is 0 Å². The largest absolute Gasteiger partial charge is 0.348 e. The summed E-state index contributed by atoms with van der Waals surface area (Å²) in [5.74, 6) is -0.221. The van der Waals surface area contributed by atoms with Crippen LogP contribution in [0, 0.1) is 6.92 Å². The zero-order chi connectivity index (χ0) is 21.7. The fourth-order valence-electron chi connectivity index (χ4n) is 3.05. The molecule has 0 spiro atoms. The van der Waals surface area contributed by atoms with Gasteiger partial charge < -0.3 is 5.32 Å². The molecule has 0 atom stereocenters. The van der Waals surface area contributed by atoms with Crippen molar-refractivity contribution in [1.82, 2.24) is 5.32 Å². The lowest BCUT2D eigenvalue weighted by molar-refractivity contribution is 0.0951. The number of halogens is 1. The Kier molecular flexibility index (Phi) is 6.80. The van der Waals surface area contributed by atoms with Crippen LogP contribution in [-0.2, 0) is 23.1 Å². The number of nitrogens with one attached hydrogen (secondary N) is 1. The van der Waals surface area contributed by atoms with Gasteiger partial charge in [-0.15, -0.1) is 0 Å². The van der Waals surface area contributed by atoms with E-state index in [1.165, 1.54) is 4.31 Å². The van der Waals surface area contributed by atoms with Gasteiger partial charge in [0.2, 0.25) is 10.0 Å². The van der Waals surface area contributed by atoms with E-state index < -0.39 is 10.0 Å². The highest BCUT2D eigenvalue weighted by atomic mass is 35.5. The minimum absolute atomic E-state index is 0.108. The smallest absolute Gasteiger partial charge is 0.251 e. The van der Waals surface area contributed by atoms with Gasteiger partial charge in [-0.3, -0.25) is 9.10 Å². The molecule has 0 aliphatic heterocycles. The number of hydrogen-bond acceptors (Lipinski definition) is 3. The number of amides is 1. The van der Waals surface area contributed by atoms with Gasteiger partial charge in [-0.2, -0.15) is 0 Å². The zero-order valence-electron chi connectivity index (χ0n) is 16.8. The number of carbonyl (C=O) groups excluding carboxylic acids is 1. The van der Waals surface area contributed by atoms with Crippen molar-refractivity contribution in [3.05, 3.63) is 100 Å². The van der Waals surface area contributed by atoms with E-state index in [0.717, 1.165) is 17.4 Å². The summed E-state index contributed by atoms with van der Waals surface area (Å²) in [6.07, 6.45) is 1.15. The Morgan fingerprint density at radius 2 is 1.53 bits per heavy atom. The number of rotatable bonds is 7. The number of hydrogen-bond donors (Lipinski definition) is 1. The minimum atomic E-state index is -3.54. The molecule has 3 aromatic rings. The van der Waals surface area contributed by atoms with Crippen LogP contribution in [0.5, 0.6) is 0 Å². The summed E-state index contributed by atoms with van der Waals surface area (Å²) < 4.78 is 26.0. The van der Waals surface area contributed by atoms with Crippen LogP contribution in [0.3, 0.4) is 0 Å². The molecule has 0 aliphatic rings. The van der Waals surface area contributed by atoms with Crippen molar-refractivity contribution in [3.8, 4) is 0 Å². The van der Waals surface area contributed by atoms with Gasteiger partial charge in [0.15, 0.2) is 0 Å². The number of aryl methyl sites for hydroxylation is 1. The molecule has 1 amide bonds. The molecule has 3 rings (SSSR count). The Morgan fingerprint density at radius 3 is 2.13 bits per heavy atom. The average Bonchev–Trinajstić information content (AvgIpc) is 2.71. The first-order valence-corrected chi connectivity index (χ1v) is 11.6. The molecule has 0 heterocycles. The predicted molar refractivity (Wildman–Crippen MR) is 121 cm³/mol. The molecule has 7 heteroatoms. The van der Waals surface area contributed by atoms with Gasteiger partial charge in [-0.05, 0) is 53.9 Å². The minimum Gasteiger partial charge on any atom is -0.348 e. The molecule has 0 saturated carbocycles. The van der Waals surface area contributed by atoms with Crippen LogP contribution in [0.4, 0.5) is 5.69 Å². The van der Waals surface area contributed by atoms with E-state index in [1.807, 2.05) is 37.3 Å². The summed E-state index contributed by atoms with van der Waals surface area (Å²) >= 11 is 6.19. The summed E-state index contributed by atoms with van der Waals surface area (Å²) in [7, 11) is -3.54. The van der Waals surface area contributed by atoms with Crippen molar-refractivity contribution in [2.24, 2.45) is 0 Å². The van der Waals surface area contributed by atoms with Crippen molar-refractivity contribution in [3.63, 3.8) is 0 Å². The Labute approximate surface area is 182 Å². The van der Waals surface area contributed by atoms with Gasteiger partial charge in [0.05, 0.1) is 18.5 Å². The summed E-state index contributed by atoms with van der Waals surface area (Å²) in [5.41, 5.74) is 3.78. The SMILES string of the molecule is Cc1ccccc1CNC(=O)c1ccc(N(Cc2ccccc2Cl)S(C)(=O)=O)cc1. The lowest BCUT2D eigenvalue weighted by atomic mass is 10.1. The summed E-state index contributed by atoms with van der Waals surface area (Å²) in [5, 5.41) is 3.39. The lowest BCUT2D eigenvalue weighted by Crippen LogP contribution is -2.29. The second kappa shape index (κ2) is 9.32. The molecular weight excluding hydrogens is 420 g/mol. The highest BCUT2D eigenvalue weighted by Crippen LogP contribution is 2.24. The van der Waals surface area contributed by atoms with E-state index in [1.54, 1.807) is 42.5 Å². The third-order valence-electron chi connectivity index (χ3n) is 4.79. The standard InChI is InChI=1S/C23H23ClN2O3S/c1-17-7-3-4-8-19(17)15-25-23(27)18-11-13-21(14-12-18)26(30(2,28)29)16-20-9-5-6-10-22(20)24/h3-14H,15-16H2,1-2H3,(H,25,27). The van der Waals surface area contributed by atoms with E-state index in [4.69, 9.17) is 11.6 Å². The van der Waals surface area contributed by atoms with Crippen molar-refractivity contribution >= 4 is 33.2 Å². The van der Waals surface area contributed by atoms with Gasteiger partial charge in [0.25, 0.3) is 5.91 Å². The van der Waals surface area contributed by atoms with E-state index in [2.05, 4.69) is 5.32 Å². The second-order valence-corrected chi connectivity index (χ2v) is 9.33. The molecule has 156 valence electrons. The van der Waals surface area contributed by atoms with Crippen LogP contribution in [0.15, 0.2) is 72.8 Å². The van der Waals surface area contributed by atoms with Crippen LogP contribution in [0.1, 0.15) is 27.0 Å². The van der Waals surface area contributed by atoms with Crippen molar-refractivity contribution < 1.29 is 13.2 Å². The molecule has 0 fully saturated rings. The first-order chi connectivity index (χ1) is 14.3. The third kappa shape index (κ3) is 5.40. The van der Waals surface area contributed by atoms with Gasteiger partial charge in [0.1, 0.15) is 0 Å². The summed E-state index contributed by atoms with van der Waals surface area (Å²) in [4.78, 5) is 12.5. The molecule has 0 aromatic heterocycles. The molecule has 0 saturated heterocycles. The van der Waals surface area contributed by atoms with E-state index in [-0.39, 0.29) is 12.5 Å². The van der Waals surface area contributed by atoms with Gasteiger partial charge in [-0.1, -0.05) is 54.1 Å². The van der Waals surface area contributed by atoms with E-state index >= 15 is 0 Å². The van der Waals surface area contributed by atoms with Gasteiger partial charge >= 0.3 is 0 Å². The maximum absolute atomic E-state index is 12.5. The molecular formula is C23H23ClN2O3S. The Balaban J connectivity index is 1.75. The Bertz CT molecular complexity index is 1150. The molecule has 0 unspecified atom stereocenters. The average molecular weight is 443 g/mol. The van der Waals surface area contributed by atoms with Crippen molar-refractivity contribution in [2.75, 3.05) is 10.6 Å². The van der Waals surface area contributed by atoms with E-state index in [9.17, 15) is 13.2 Å². The topological polar surface area (TPSA) is 66.5 Å². The first-order valence-electron chi connectivity index (χ1n) is 9.39. The summed E-state index contributed by atoms with van der Waals surface area (Å²) in [6, 6.07) is 21.4. The van der Waals surface area contributed by atoms with E-state index in [0.29, 0.717) is 28.4 Å². The highest BCUT2D eigenvalue weighted by molar-refractivity contribution is 7.92. The Hall–Kier alpha value is -2.83. The van der Waals surface area contributed by atoms with Crippen LogP contribution >= 0.6 is 11.6 Å². The van der Waals surface area contributed by atoms with Crippen LogP contribution in [-0.4, -0.2) is 20.6 Å². The molecule has 3 aromatic carbocycles. The fraction of sp³-hybridized carbons (Fsp3) is 0.174. The van der Waals surface area contributed by atoms with Crippen LogP contribution in [0.2, 0.25) is 5.02 Å². The quantitative estimate of drug-likeness (QED) is 0.584. The highest BCUT2D eigenvalue weighted by Gasteiger charge is 2.19. The van der Waals surface area contributed by atoms with Crippen LogP contribution in [0.25, 0.3) is 0 Å². The number of nitrogens with zero attached hydrogens (tertiary/aromatic N) is 1. The molecule has 30 heavy (non-hydrogen) atoms. The lowest BCUT2D eigenvalue weighted by Gasteiger charge is -2.23. The third-order valence-corrected chi connectivity index (χ3v) is 6.30. The fourth-order valence-corrected chi connectivity index (χ4v) is 4.12. The van der Waals surface area contributed by atoms with Crippen LogP contribution < -0.4 is 9.62 Å².